The number of carbonyl (C=O) groups is 2. The summed E-state index contributed by atoms with van der Waals surface area (Å²) in [6.07, 6.45) is -0.708. The van der Waals surface area contributed by atoms with E-state index in [0.29, 0.717) is 22.7 Å². The average molecular weight is 341 g/mol. The van der Waals surface area contributed by atoms with Crippen LogP contribution in [0.4, 0.5) is 17.1 Å². The van der Waals surface area contributed by atoms with Gasteiger partial charge in [-0.1, -0.05) is 18.2 Å². The van der Waals surface area contributed by atoms with Gasteiger partial charge >= 0.3 is 0 Å². The van der Waals surface area contributed by atoms with Gasteiger partial charge in [0.25, 0.3) is 11.6 Å². The van der Waals surface area contributed by atoms with E-state index in [1.54, 1.807) is 43.3 Å². The summed E-state index contributed by atoms with van der Waals surface area (Å²) >= 11 is 0. The number of hydrogen-bond donors (Lipinski definition) is 2. The Hall–Kier alpha value is -3.42. The van der Waals surface area contributed by atoms with Crippen molar-refractivity contribution in [1.29, 1.82) is 0 Å². The van der Waals surface area contributed by atoms with Crippen molar-refractivity contribution in [3.63, 3.8) is 0 Å². The van der Waals surface area contributed by atoms with E-state index in [1.165, 1.54) is 6.07 Å². The van der Waals surface area contributed by atoms with Crippen molar-refractivity contribution >= 4 is 28.9 Å². The van der Waals surface area contributed by atoms with Crippen LogP contribution >= 0.6 is 0 Å². The van der Waals surface area contributed by atoms with Crippen LogP contribution in [-0.4, -0.2) is 22.8 Å². The minimum absolute atomic E-state index is 0.0993. The molecule has 8 nitrogen and oxygen atoms in total. The lowest BCUT2D eigenvalue weighted by Gasteiger charge is -2.23. The molecule has 0 aromatic heterocycles. The van der Waals surface area contributed by atoms with Crippen LogP contribution in [0, 0.1) is 10.1 Å². The summed E-state index contributed by atoms with van der Waals surface area (Å²) in [5.74, 6) is -0.148. The Bertz CT molecular complexity index is 865. The first-order valence-electron chi connectivity index (χ1n) is 7.58. The molecule has 2 N–H and O–H groups in total. The fraction of sp³-hybridized carbons (Fsp3) is 0.176. The zero-order valence-electron chi connectivity index (χ0n) is 13.3. The molecule has 128 valence electrons. The van der Waals surface area contributed by atoms with E-state index in [9.17, 15) is 19.7 Å². The van der Waals surface area contributed by atoms with Crippen molar-refractivity contribution in [3.05, 3.63) is 58.1 Å². The SMILES string of the molecule is C[C@@H]1Oc2ccc(NC(=O)Cc3ccccc3[N+](=O)[O-])cc2NC1=O. The Morgan fingerprint density at radius 1 is 1.32 bits per heavy atom. The maximum Gasteiger partial charge on any atom is 0.273 e. The summed E-state index contributed by atoms with van der Waals surface area (Å²) in [6, 6.07) is 11.0. The lowest BCUT2D eigenvalue weighted by atomic mass is 10.1. The summed E-state index contributed by atoms with van der Waals surface area (Å²) in [5, 5.41) is 16.4. The van der Waals surface area contributed by atoms with Crippen LogP contribution in [-0.2, 0) is 16.0 Å². The first-order chi connectivity index (χ1) is 11.9. The lowest BCUT2D eigenvalue weighted by molar-refractivity contribution is -0.385. The van der Waals surface area contributed by atoms with Crippen molar-refractivity contribution in [2.45, 2.75) is 19.4 Å². The number of hydrogen-bond acceptors (Lipinski definition) is 5. The molecule has 2 amide bonds. The van der Waals surface area contributed by atoms with Gasteiger partial charge < -0.3 is 15.4 Å². The van der Waals surface area contributed by atoms with E-state index >= 15 is 0 Å². The van der Waals surface area contributed by atoms with E-state index in [4.69, 9.17) is 4.74 Å². The number of nitrogens with one attached hydrogen (secondary N) is 2. The minimum atomic E-state index is -0.577. The molecule has 0 saturated heterocycles. The van der Waals surface area contributed by atoms with Crippen molar-refractivity contribution in [2.24, 2.45) is 0 Å². The predicted molar refractivity (Wildman–Crippen MR) is 90.6 cm³/mol. The molecule has 0 bridgehead atoms. The predicted octanol–water partition coefficient (Wildman–Crippen LogP) is 2.50. The number of amides is 2. The second kappa shape index (κ2) is 6.60. The third-order valence-electron chi connectivity index (χ3n) is 3.73. The molecule has 2 aromatic rings. The fourth-order valence-corrected chi connectivity index (χ4v) is 2.50. The smallest absolute Gasteiger partial charge is 0.273 e. The standard InChI is InChI=1S/C17H15N3O5/c1-10-17(22)19-13-9-12(6-7-15(13)25-10)18-16(21)8-11-4-2-3-5-14(11)20(23)24/h2-7,9-10H,8H2,1H3,(H,18,21)(H,19,22)/t10-/m0/s1. The molecule has 0 spiro atoms. The molecule has 1 heterocycles. The van der Waals surface area contributed by atoms with Crippen LogP contribution < -0.4 is 15.4 Å². The van der Waals surface area contributed by atoms with Gasteiger partial charge in [0.2, 0.25) is 5.91 Å². The number of benzene rings is 2. The summed E-state index contributed by atoms with van der Waals surface area (Å²) in [5.41, 5.74) is 1.15. The maximum atomic E-state index is 12.2. The molecule has 0 saturated carbocycles. The summed E-state index contributed by atoms with van der Waals surface area (Å²) in [6.45, 7) is 1.64. The van der Waals surface area contributed by atoms with Crippen molar-refractivity contribution < 1.29 is 19.2 Å². The highest BCUT2D eigenvalue weighted by atomic mass is 16.6. The Morgan fingerprint density at radius 3 is 2.84 bits per heavy atom. The molecule has 3 rings (SSSR count). The third kappa shape index (κ3) is 3.57. The number of nitro benzene ring substituents is 1. The number of ether oxygens (including phenoxy) is 1. The van der Waals surface area contributed by atoms with Gasteiger partial charge in [0.15, 0.2) is 6.10 Å². The van der Waals surface area contributed by atoms with E-state index in [2.05, 4.69) is 10.6 Å². The largest absolute Gasteiger partial charge is 0.479 e. The monoisotopic (exact) mass is 341 g/mol. The number of fused-ring (bicyclic) bond motifs is 1. The van der Waals surface area contributed by atoms with Gasteiger partial charge in [0.05, 0.1) is 17.0 Å². The van der Waals surface area contributed by atoms with Crippen LogP contribution in [0.2, 0.25) is 0 Å². The molecule has 0 aliphatic carbocycles. The van der Waals surface area contributed by atoms with Gasteiger partial charge in [-0.25, -0.2) is 0 Å². The summed E-state index contributed by atoms with van der Waals surface area (Å²) in [7, 11) is 0. The molecule has 1 aliphatic heterocycles. The van der Waals surface area contributed by atoms with Gasteiger partial charge in [0, 0.05) is 17.3 Å². The Morgan fingerprint density at radius 2 is 2.08 bits per heavy atom. The number of nitrogens with zero attached hydrogens (tertiary/aromatic N) is 1. The van der Waals surface area contributed by atoms with Crippen LogP contribution in [0.1, 0.15) is 12.5 Å². The maximum absolute atomic E-state index is 12.2. The van der Waals surface area contributed by atoms with Gasteiger partial charge in [0.1, 0.15) is 5.75 Å². The normalized spacial score (nSPS) is 15.6. The highest BCUT2D eigenvalue weighted by Gasteiger charge is 2.23. The van der Waals surface area contributed by atoms with Crippen LogP contribution in [0.25, 0.3) is 0 Å². The van der Waals surface area contributed by atoms with Crippen molar-refractivity contribution in [3.8, 4) is 5.75 Å². The van der Waals surface area contributed by atoms with Crippen molar-refractivity contribution in [2.75, 3.05) is 10.6 Å². The first kappa shape index (κ1) is 16.4. The average Bonchev–Trinajstić information content (AvgIpc) is 2.56. The Labute approximate surface area is 142 Å². The van der Waals surface area contributed by atoms with Crippen LogP contribution in [0.3, 0.4) is 0 Å². The number of nitro groups is 1. The van der Waals surface area contributed by atoms with Gasteiger partial charge in [-0.15, -0.1) is 0 Å². The molecule has 1 aliphatic rings. The topological polar surface area (TPSA) is 111 Å². The van der Waals surface area contributed by atoms with E-state index < -0.39 is 16.9 Å². The molecule has 0 unspecified atom stereocenters. The molecule has 2 aromatic carbocycles. The van der Waals surface area contributed by atoms with E-state index in [0.717, 1.165) is 0 Å². The fourth-order valence-electron chi connectivity index (χ4n) is 2.50. The number of rotatable bonds is 4. The quantitative estimate of drug-likeness (QED) is 0.656. The molecular formula is C17H15N3O5. The highest BCUT2D eigenvalue weighted by molar-refractivity contribution is 5.99. The van der Waals surface area contributed by atoms with Gasteiger partial charge in [-0.3, -0.25) is 19.7 Å². The van der Waals surface area contributed by atoms with Gasteiger partial charge in [-0.05, 0) is 25.1 Å². The van der Waals surface area contributed by atoms with Crippen molar-refractivity contribution in [1.82, 2.24) is 0 Å². The summed E-state index contributed by atoms with van der Waals surface area (Å²) < 4.78 is 5.44. The molecule has 0 radical (unpaired) electrons. The molecule has 8 heteroatoms. The second-order valence-corrected chi connectivity index (χ2v) is 5.57. The highest BCUT2D eigenvalue weighted by Crippen LogP contribution is 2.32. The minimum Gasteiger partial charge on any atom is -0.479 e. The van der Waals surface area contributed by atoms with Crippen LogP contribution in [0.5, 0.6) is 5.75 Å². The second-order valence-electron chi connectivity index (χ2n) is 5.57. The third-order valence-corrected chi connectivity index (χ3v) is 3.73. The lowest BCUT2D eigenvalue weighted by Crippen LogP contribution is -2.34. The zero-order chi connectivity index (χ0) is 18.0. The molecule has 0 fully saturated rings. The van der Waals surface area contributed by atoms with E-state index in [-0.39, 0.29) is 18.0 Å². The Balaban J connectivity index is 1.73. The Kier molecular flexibility index (Phi) is 4.34. The van der Waals surface area contributed by atoms with Crippen LogP contribution in [0.15, 0.2) is 42.5 Å². The first-order valence-corrected chi connectivity index (χ1v) is 7.58. The van der Waals surface area contributed by atoms with E-state index in [1.807, 2.05) is 0 Å². The molecule has 25 heavy (non-hydrogen) atoms. The zero-order valence-corrected chi connectivity index (χ0v) is 13.3. The number of anilines is 2. The van der Waals surface area contributed by atoms with Gasteiger partial charge in [-0.2, -0.15) is 0 Å². The number of para-hydroxylation sites is 1. The molecule has 1 atom stereocenters. The summed E-state index contributed by atoms with van der Waals surface area (Å²) in [4.78, 5) is 34.3. The number of carbonyl (C=O) groups excluding carboxylic acids is 2. The molecular weight excluding hydrogens is 326 g/mol.